The highest BCUT2D eigenvalue weighted by Gasteiger charge is 2.21. The molecule has 23 heavy (non-hydrogen) atoms. The first-order valence-corrected chi connectivity index (χ1v) is 8.10. The number of hydrogen-bond donors (Lipinski definition) is 2. The van der Waals surface area contributed by atoms with Crippen LogP contribution < -0.4 is 10.2 Å². The summed E-state index contributed by atoms with van der Waals surface area (Å²) in [6.45, 7) is 9.03. The summed E-state index contributed by atoms with van der Waals surface area (Å²) in [5.74, 6) is 2.04. The van der Waals surface area contributed by atoms with Gasteiger partial charge in [-0.15, -0.1) is 24.0 Å². The molecule has 0 saturated carbocycles. The van der Waals surface area contributed by atoms with Gasteiger partial charge in [0.1, 0.15) is 5.75 Å². The molecule has 6 heteroatoms. The van der Waals surface area contributed by atoms with Crippen LogP contribution in [0.1, 0.15) is 20.3 Å². The molecule has 0 radical (unpaired) electrons. The predicted molar refractivity (Wildman–Crippen MR) is 108 cm³/mol. The highest BCUT2D eigenvalue weighted by molar-refractivity contribution is 14.0. The molecule has 1 aromatic carbocycles. The van der Waals surface area contributed by atoms with Crippen LogP contribution in [0.4, 0.5) is 5.69 Å². The zero-order valence-electron chi connectivity index (χ0n) is 14.3. The molecule has 1 aliphatic heterocycles. The van der Waals surface area contributed by atoms with E-state index in [1.165, 1.54) is 0 Å². The Morgan fingerprint density at radius 1 is 1.22 bits per heavy atom. The summed E-state index contributed by atoms with van der Waals surface area (Å²) in [6, 6.07) is 7.54. The second-order valence-electron chi connectivity index (χ2n) is 6.12. The lowest BCUT2D eigenvalue weighted by Gasteiger charge is -2.37. The maximum atomic E-state index is 9.96. The molecule has 1 saturated heterocycles. The minimum Gasteiger partial charge on any atom is -0.506 e. The molecule has 1 heterocycles. The third-order valence-electron chi connectivity index (χ3n) is 4.02. The van der Waals surface area contributed by atoms with E-state index in [-0.39, 0.29) is 24.0 Å². The van der Waals surface area contributed by atoms with Gasteiger partial charge in [-0.05, 0) is 24.5 Å². The first kappa shape index (κ1) is 19.9. The highest BCUT2D eigenvalue weighted by Crippen LogP contribution is 2.27. The van der Waals surface area contributed by atoms with Crippen molar-refractivity contribution in [3.8, 4) is 5.75 Å². The molecular weight excluding hydrogens is 403 g/mol. The van der Waals surface area contributed by atoms with Gasteiger partial charge in [0.05, 0.1) is 5.69 Å². The quantitative estimate of drug-likeness (QED) is 0.437. The Morgan fingerprint density at radius 2 is 1.87 bits per heavy atom. The molecule has 0 aromatic heterocycles. The lowest BCUT2D eigenvalue weighted by Crippen LogP contribution is -2.52. The largest absolute Gasteiger partial charge is 0.506 e. The molecule has 1 aliphatic rings. The molecule has 0 aliphatic carbocycles. The van der Waals surface area contributed by atoms with Gasteiger partial charge in [0.25, 0.3) is 0 Å². The van der Waals surface area contributed by atoms with E-state index in [4.69, 9.17) is 0 Å². The first-order chi connectivity index (χ1) is 10.6. The second-order valence-corrected chi connectivity index (χ2v) is 6.12. The Bertz CT molecular complexity index is 499. The van der Waals surface area contributed by atoms with Crippen LogP contribution in [-0.4, -0.2) is 55.7 Å². The Labute approximate surface area is 156 Å². The van der Waals surface area contributed by atoms with Crippen LogP contribution >= 0.6 is 24.0 Å². The van der Waals surface area contributed by atoms with E-state index in [0.717, 1.165) is 50.8 Å². The van der Waals surface area contributed by atoms with E-state index >= 15 is 0 Å². The van der Waals surface area contributed by atoms with Gasteiger partial charge in [0.2, 0.25) is 0 Å². The van der Waals surface area contributed by atoms with Crippen molar-refractivity contribution in [3.05, 3.63) is 24.3 Å². The predicted octanol–water partition coefficient (Wildman–Crippen LogP) is 2.75. The van der Waals surface area contributed by atoms with Crippen LogP contribution in [0, 0.1) is 5.92 Å². The highest BCUT2D eigenvalue weighted by atomic mass is 127. The number of phenols is 1. The number of anilines is 1. The zero-order chi connectivity index (χ0) is 15.9. The number of guanidine groups is 1. The summed E-state index contributed by atoms with van der Waals surface area (Å²) in [5.41, 5.74) is 0.921. The lowest BCUT2D eigenvalue weighted by atomic mass is 10.1. The van der Waals surface area contributed by atoms with Gasteiger partial charge in [-0.2, -0.15) is 0 Å². The third-order valence-corrected chi connectivity index (χ3v) is 4.02. The van der Waals surface area contributed by atoms with Crippen molar-refractivity contribution >= 4 is 35.6 Å². The normalized spacial score (nSPS) is 15.6. The van der Waals surface area contributed by atoms with Crippen LogP contribution in [0.15, 0.2) is 29.3 Å². The number of piperazine rings is 1. The van der Waals surface area contributed by atoms with Crippen molar-refractivity contribution in [2.24, 2.45) is 10.9 Å². The lowest BCUT2D eigenvalue weighted by molar-refractivity contribution is 0.368. The molecule has 0 amide bonds. The monoisotopic (exact) mass is 432 g/mol. The van der Waals surface area contributed by atoms with E-state index in [1.807, 2.05) is 25.2 Å². The summed E-state index contributed by atoms with van der Waals surface area (Å²) in [6.07, 6.45) is 1.15. The number of para-hydroxylation sites is 2. The molecule has 0 atom stereocenters. The number of phenolic OH excluding ortho intramolecular Hbond substituents is 1. The van der Waals surface area contributed by atoms with Gasteiger partial charge in [0.15, 0.2) is 5.96 Å². The minimum absolute atomic E-state index is 0. The van der Waals surface area contributed by atoms with E-state index in [2.05, 4.69) is 34.0 Å². The van der Waals surface area contributed by atoms with Gasteiger partial charge in [-0.1, -0.05) is 26.0 Å². The van der Waals surface area contributed by atoms with Crippen LogP contribution in [0.5, 0.6) is 5.75 Å². The zero-order valence-corrected chi connectivity index (χ0v) is 16.7. The summed E-state index contributed by atoms with van der Waals surface area (Å²) in [7, 11) is 1.84. The molecule has 0 unspecified atom stereocenters. The number of aliphatic imine (C=N–C) groups is 1. The van der Waals surface area contributed by atoms with E-state index < -0.39 is 0 Å². The number of nitrogens with zero attached hydrogens (tertiary/aromatic N) is 3. The molecule has 2 rings (SSSR count). The third kappa shape index (κ3) is 5.75. The minimum atomic E-state index is 0. The SMILES string of the molecule is CN=C(NCCC(C)C)N1CCN(c2ccccc2O)CC1.I. The fraction of sp³-hybridized carbons (Fsp3) is 0.588. The number of nitrogens with one attached hydrogen (secondary N) is 1. The molecule has 0 spiro atoms. The van der Waals surface area contributed by atoms with Crippen LogP contribution in [0.25, 0.3) is 0 Å². The van der Waals surface area contributed by atoms with Crippen molar-refractivity contribution in [2.75, 3.05) is 44.7 Å². The Morgan fingerprint density at radius 3 is 2.43 bits per heavy atom. The van der Waals surface area contributed by atoms with Crippen molar-refractivity contribution in [3.63, 3.8) is 0 Å². The van der Waals surface area contributed by atoms with Crippen LogP contribution in [-0.2, 0) is 0 Å². The Kier molecular flexibility index (Phi) is 8.51. The van der Waals surface area contributed by atoms with Gasteiger partial charge >= 0.3 is 0 Å². The smallest absolute Gasteiger partial charge is 0.193 e. The first-order valence-electron chi connectivity index (χ1n) is 8.10. The Balaban J connectivity index is 0.00000264. The van der Waals surface area contributed by atoms with Crippen molar-refractivity contribution in [1.29, 1.82) is 0 Å². The summed E-state index contributed by atoms with van der Waals surface area (Å²) < 4.78 is 0. The molecule has 1 fully saturated rings. The van der Waals surface area contributed by atoms with Gasteiger partial charge < -0.3 is 20.2 Å². The van der Waals surface area contributed by atoms with Crippen LogP contribution in [0.2, 0.25) is 0 Å². The number of halogens is 1. The number of benzene rings is 1. The number of rotatable bonds is 4. The molecule has 5 nitrogen and oxygen atoms in total. The van der Waals surface area contributed by atoms with E-state index in [9.17, 15) is 5.11 Å². The fourth-order valence-corrected chi connectivity index (χ4v) is 2.70. The van der Waals surface area contributed by atoms with Crippen molar-refractivity contribution in [2.45, 2.75) is 20.3 Å². The topological polar surface area (TPSA) is 51.1 Å². The van der Waals surface area contributed by atoms with Crippen molar-refractivity contribution in [1.82, 2.24) is 10.2 Å². The van der Waals surface area contributed by atoms with Gasteiger partial charge in [0, 0.05) is 39.8 Å². The standard InChI is InChI=1S/C17H28N4O.HI/c1-14(2)8-9-19-17(18-3)21-12-10-20(11-13-21)15-6-4-5-7-16(15)22;/h4-7,14,22H,8-13H2,1-3H3,(H,18,19);1H. The van der Waals surface area contributed by atoms with Gasteiger partial charge in [-0.3, -0.25) is 4.99 Å². The van der Waals surface area contributed by atoms with Crippen molar-refractivity contribution < 1.29 is 5.11 Å². The molecule has 1 aromatic rings. The average Bonchev–Trinajstić information content (AvgIpc) is 2.52. The van der Waals surface area contributed by atoms with Gasteiger partial charge in [-0.25, -0.2) is 0 Å². The van der Waals surface area contributed by atoms with E-state index in [0.29, 0.717) is 11.7 Å². The summed E-state index contributed by atoms with van der Waals surface area (Å²) >= 11 is 0. The van der Waals surface area contributed by atoms with E-state index in [1.54, 1.807) is 6.07 Å². The Hall–Kier alpha value is -1.18. The summed E-state index contributed by atoms with van der Waals surface area (Å²) in [4.78, 5) is 8.91. The molecule has 0 bridgehead atoms. The fourth-order valence-electron chi connectivity index (χ4n) is 2.70. The second kappa shape index (κ2) is 9.85. The maximum absolute atomic E-state index is 9.96. The molecule has 130 valence electrons. The van der Waals surface area contributed by atoms with Crippen LogP contribution in [0.3, 0.4) is 0 Å². The summed E-state index contributed by atoms with van der Waals surface area (Å²) in [5, 5.41) is 13.4. The number of aromatic hydroxyl groups is 1. The number of hydrogen-bond acceptors (Lipinski definition) is 3. The molecule has 2 N–H and O–H groups in total. The maximum Gasteiger partial charge on any atom is 0.193 e. The molecular formula is C17H29IN4O. The average molecular weight is 432 g/mol.